The second-order valence-electron chi connectivity index (χ2n) is 3.44. The second-order valence-corrected chi connectivity index (χ2v) is 3.44. The molecule has 16 heavy (non-hydrogen) atoms. The summed E-state index contributed by atoms with van der Waals surface area (Å²) in [5.41, 5.74) is 6.04. The van der Waals surface area contributed by atoms with Crippen molar-refractivity contribution in [3.8, 4) is 5.75 Å². The molecular weight excluding hydrogens is 213 g/mol. The third kappa shape index (κ3) is 2.14. The van der Waals surface area contributed by atoms with Crippen molar-refractivity contribution in [3.63, 3.8) is 0 Å². The molecule has 1 atom stereocenters. The van der Waals surface area contributed by atoms with E-state index < -0.39 is 17.7 Å². The van der Waals surface area contributed by atoms with Gasteiger partial charge in [-0.25, -0.2) is 4.39 Å². The van der Waals surface area contributed by atoms with Gasteiger partial charge in [-0.15, -0.1) is 0 Å². The number of carboxylic acids is 1. The van der Waals surface area contributed by atoms with Crippen molar-refractivity contribution in [1.29, 1.82) is 0 Å². The predicted molar refractivity (Wildman–Crippen MR) is 57.1 cm³/mol. The molecule has 1 aromatic carbocycles. The van der Waals surface area contributed by atoms with E-state index in [4.69, 9.17) is 15.6 Å². The van der Waals surface area contributed by atoms with E-state index in [1.807, 2.05) is 0 Å². The lowest BCUT2D eigenvalue weighted by atomic mass is 9.95. The molecule has 0 spiro atoms. The van der Waals surface area contributed by atoms with Crippen LogP contribution in [0.5, 0.6) is 5.75 Å². The zero-order chi connectivity index (χ0) is 12.3. The maximum absolute atomic E-state index is 13.6. The van der Waals surface area contributed by atoms with Crippen LogP contribution in [0.1, 0.15) is 17.0 Å². The molecule has 0 saturated carbocycles. The van der Waals surface area contributed by atoms with Crippen LogP contribution in [-0.4, -0.2) is 24.7 Å². The summed E-state index contributed by atoms with van der Waals surface area (Å²) in [5.74, 6) is -2.61. The topological polar surface area (TPSA) is 72.5 Å². The van der Waals surface area contributed by atoms with Gasteiger partial charge in [0.25, 0.3) is 0 Å². The van der Waals surface area contributed by atoms with Crippen LogP contribution in [0.15, 0.2) is 12.1 Å². The minimum Gasteiger partial charge on any atom is -0.496 e. The summed E-state index contributed by atoms with van der Waals surface area (Å²) in [4.78, 5) is 11.0. The Morgan fingerprint density at radius 2 is 2.25 bits per heavy atom. The normalized spacial score (nSPS) is 12.2. The molecule has 5 heteroatoms. The lowest BCUT2D eigenvalue weighted by Crippen LogP contribution is -2.23. The van der Waals surface area contributed by atoms with E-state index in [9.17, 15) is 9.18 Å². The smallest absolute Gasteiger partial charge is 0.312 e. The number of halogens is 1. The van der Waals surface area contributed by atoms with E-state index in [0.29, 0.717) is 5.56 Å². The van der Waals surface area contributed by atoms with Gasteiger partial charge in [0.2, 0.25) is 0 Å². The summed E-state index contributed by atoms with van der Waals surface area (Å²) in [5, 5.41) is 8.96. The van der Waals surface area contributed by atoms with Crippen LogP contribution in [0.2, 0.25) is 0 Å². The first-order valence-electron chi connectivity index (χ1n) is 4.78. The number of rotatable bonds is 4. The fraction of sp³-hybridized carbons (Fsp3) is 0.364. The van der Waals surface area contributed by atoms with Crippen molar-refractivity contribution in [2.75, 3.05) is 13.7 Å². The molecule has 0 radical (unpaired) electrons. The second kappa shape index (κ2) is 4.94. The van der Waals surface area contributed by atoms with Crippen molar-refractivity contribution in [2.24, 2.45) is 5.73 Å². The quantitative estimate of drug-likeness (QED) is 0.812. The van der Waals surface area contributed by atoms with Gasteiger partial charge in [0.1, 0.15) is 17.5 Å². The molecule has 0 aliphatic heterocycles. The Hall–Kier alpha value is -1.62. The van der Waals surface area contributed by atoms with Crippen LogP contribution in [0.25, 0.3) is 0 Å². The average molecular weight is 227 g/mol. The van der Waals surface area contributed by atoms with Gasteiger partial charge >= 0.3 is 5.97 Å². The molecule has 1 rings (SSSR count). The summed E-state index contributed by atoms with van der Waals surface area (Å²) in [6.07, 6.45) is 0. The minimum atomic E-state index is -1.16. The number of ether oxygens (including phenoxy) is 1. The van der Waals surface area contributed by atoms with Crippen molar-refractivity contribution in [3.05, 3.63) is 29.1 Å². The van der Waals surface area contributed by atoms with Gasteiger partial charge in [-0.3, -0.25) is 4.79 Å². The third-order valence-electron chi connectivity index (χ3n) is 2.43. The molecule has 88 valence electrons. The Bertz CT molecular complexity index is 406. The third-order valence-corrected chi connectivity index (χ3v) is 2.43. The maximum Gasteiger partial charge on any atom is 0.312 e. The first-order valence-corrected chi connectivity index (χ1v) is 4.78. The van der Waals surface area contributed by atoms with Crippen molar-refractivity contribution < 1.29 is 19.0 Å². The van der Waals surface area contributed by atoms with Gasteiger partial charge in [-0.1, -0.05) is 6.07 Å². The standard InChI is InChI=1S/C11H14FNO3/c1-6-3-4-8(12)9(10(6)16-2)7(5-13)11(14)15/h3-4,7H,5,13H2,1-2H3,(H,14,15). The Labute approximate surface area is 92.8 Å². The van der Waals surface area contributed by atoms with Crippen LogP contribution < -0.4 is 10.5 Å². The average Bonchev–Trinajstić information content (AvgIpc) is 2.24. The van der Waals surface area contributed by atoms with E-state index in [-0.39, 0.29) is 17.9 Å². The summed E-state index contributed by atoms with van der Waals surface area (Å²) < 4.78 is 18.6. The molecule has 1 aromatic rings. The van der Waals surface area contributed by atoms with Gasteiger partial charge < -0.3 is 15.6 Å². The molecule has 0 aliphatic rings. The molecule has 0 aromatic heterocycles. The van der Waals surface area contributed by atoms with Gasteiger partial charge in [0.15, 0.2) is 0 Å². The number of aryl methyl sites for hydroxylation is 1. The van der Waals surface area contributed by atoms with Gasteiger partial charge in [-0.2, -0.15) is 0 Å². The predicted octanol–water partition coefficient (Wildman–Crippen LogP) is 1.27. The van der Waals surface area contributed by atoms with Crippen LogP contribution >= 0.6 is 0 Å². The first-order chi connectivity index (χ1) is 7.52. The number of methoxy groups -OCH3 is 1. The highest BCUT2D eigenvalue weighted by molar-refractivity contribution is 5.78. The molecule has 0 fully saturated rings. The fourth-order valence-corrected chi connectivity index (χ4v) is 1.62. The van der Waals surface area contributed by atoms with E-state index in [2.05, 4.69) is 0 Å². The lowest BCUT2D eigenvalue weighted by Gasteiger charge is -2.17. The van der Waals surface area contributed by atoms with Crippen molar-refractivity contribution >= 4 is 5.97 Å². The van der Waals surface area contributed by atoms with Crippen LogP contribution in [0.4, 0.5) is 4.39 Å². The molecule has 4 nitrogen and oxygen atoms in total. The molecule has 1 unspecified atom stereocenters. The number of hydrogen-bond acceptors (Lipinski definition) is 3. The van der Waals surface area contributed by atoms with Gasteiger partial charge in [-0.05, 0) is 18.6 Å². The van der Waals surface area contributed by atoms with Crippen molar-refractivity contribution in [2.45, 2.75) is 12.8 Å². The monoisotopic (exact) mass is 227 g/mol. The van der Waals surface area contributed by atoms with Crippen LogP contribution in [0.3, 0.4) is 0 Å². The molecule has 3 N–H and O–H groups in total. The Balaban J connectivity index is 3.39. The van der Waals surface area contributed by atoms with E-state index >= 15 is 0 Å². The van der Waals surface area contributed by atoms with E-state index in [1.165, 1.54) is 19.2 Å². The van der Waals surface area contributed by atoms with E-state index in [1.54, 1.807) is 6.92 Å². The highest BCUT2D eigenvalue weighted by atomic mass is 19.1. The molecule has 0 bridgehead atoms. The maximum atomic E-state index is 13.6. The minimum absolute atomic E-state index is 0.0116. The largest absolute Gasteiger partial charge is 0.496 e. The Morgan fingerprint density at radius 1 is 1.62 bits per heavy atom. The molecule has 0 heterocycles. The van der Waals surface area contributed by atoms with Crippen LogP contribution in [0, 0.1) is 12.7 Å². The highest BCUT2D eigenvalue weighted by Gasteiger charge is 2.26. The lowest BCUT2D eigenvalue weighted by molar-refractivity contribution is -0.138. The first kappa shape index (κ1) is 12.4. The number of benzene rings is 1. The Kier molecular flexibility index (Phi) is 3.84. The van der Waals surface area contributed by atoms with Crippen LogP contribution in [-0.2, 0) is 4.79 Å². The summed E-state index contributed by atoms with van der Waals surface area (Å²) >= 11 is 0. The van der Waals surface area contributed by atoms with Gasteiger partial charge in [0.05, 0.1) is 7.11 Å². The molecular formula is C11H14FNO3. The number of carbonyl (C=O) groups is 1. The highest BCUT2D eigenvalue weighted by Crippen LogP contribution is 2.32. The van der Waals surface area contributed by atoms with E-state index in [0.717, 1.165) is 0 Å². The number of carboxylic acid groups (broad SMARTS) is 1. The Morgan fingerprint density at radius 3 is 2.69 bits per heavy atom. The zero-order valence-corrected chi connectivity index (χ0v) is 9.16. The summed E-state index contributed by atoms with van der Waals surface area (Å²) in [6.45, 7) is 1.54. The SMILES string of the molecule is COc1c(C)ccc(F)c1C(CN)C(=O)O. The fourth-order valence-electron chi connectivity index (χ4n) is 1.62. The molecule has 0 amide bonds. The summed E-state index contributed by atoms with van der Waals surface area (Å²) in [7, 11) is 1.38. The number of hydrogen-bond donors (Lipinski definition) is 2. The van der Waals surface area contributed by atoms with Gasteiger partial charge in [0, 0.05) is 12.1 Å². The zero-order valence-electron chi connectivity index (χ0n) is 9.16. The molecule has 0 saturated heterocycles. The number of aliphatic carboxylic acids is 1. The van der Waals surface area contributed by atoms with Crippen molar-refractivity contribution in [1.82, 2.24) is 0 Å². The summed E-state index contributed by atoms with van der Waals surface area (Å²) in [6, 6.07) is 2.76. The number of nitrogens with two attached hydrogens (primary N) is 1. The molecule has 0 aliphatic carbocycles.